The fourth-order valence-corrected chi connectivity index (χ4v) is 5.90. The monoisotopic (exact) mass is 635 g/mol. The van der Waals surface area contributed by atoms with Gasteiger partial charge in [0.2, 0.25) is 0 Å². The first-order valence-electron chi connectivity index (χ1n) is 12.7. The van der Waals surface area contributed by atoms with E-state index in [2.05, 4.69) is 27.8 Å². The van der Waals surface area contributed by atoms with Gasteiger partial charge in [0.05, 0.1) is 22.7 Å². The maximum absolute atomic E-state index is 13.3. The Kier molecular flexibility index (Phi) is 10.1. The molecule has 0 heterocycles. The second-order valence-corrected chi connectivity index (χ2v) is 13.2. The Balaban J connectivity index is 1.66. The average molecular weight is 637 g/mol. The molecule has 0 spiro atoms. The minimum absolute atomic E-state index is 0.0125. The lowest BCUT2D eigenvalue weighted by atomic mass is 9.92. The van der Waals surface area contributed by atoms with Crippen molar-refractivity contribution in [1.29, 1.82) is 0 Å². The number of carbonyl (C=O) groups excluding carboxylic acids is 2. The molecular weight excluding hydrogens is 602 g/mol. The molecule has 0 aromatic heterocycles. The van der Waals surface area contributed by atoms with Crippen LogP contribution in [0.15, 0.2) is 45.8 Å². The number of aryl methyl sites for hydroxylation is 1. The Morgan fingerprint density at radius 3 is 2.35 bits per heavy atom. The van der Waals surface area contributed by atoms with Crippen LogP contribution in [0.2, 0.25) is 0 Å². The van der Waals surface area contributed by atoms with Crippen molar-refractivity contribution < 1.29 is 32.7 Å². The van der Waals surface area contributed by atoms with Gasteiger partial charge in [-0.1, -0.05) is 27.8 Å². The van der Waals surface area contributed by atoms with E-state index in [1.165, 1.54) is 37.4 Å². The minimum Gasteiger partial charge on any atom is -0.481 e. The third-order valence-corrected chi connectivity index (χ3v) is 8.47. The Hall–Kier alpha value is -3.27. The van der Waals surface area contributed by atoms with Crippen molar-refractivity contribution in [2.45, 2.75) is 63.5 Å². The summed E-state index contributed by atoms with van der Waals surface area (Å²) in [5.41, 5.74) is 1.60. The average Bonchev–Trinajstić information content (AvgIpc) is 2.84. The van der Waals surface area contributed by atoms with Crippen LogP contribution < -0.4 is 14.5 Å². The van der Waals surface area contributed by atoms with Crippen LogP contribution >= 0.6 is 15.9 Å². The number of halogens is 1. The minimum atomic E-state index is -4.05. The number of rotatable bonds is 8. The normalized spacial score (nSPS) is 13.4. The van der Waals surface area contributed by atoms with Gasteiger partial charge in [-0.3, -0.25) is 19.2 Å². The molecule has 1 saturated carbocycles. The number of anilines is 1. The number of sulfonamides is 1. The Morgan fingerprint density at radius 1 is 1.15 bits per heavy atom. The smallest absolute Gasteiger partial charge is 0.411 e. The van der Waals surface area contributed by atoms with E-state index in [4.69, 9.17) is 14.7 Å². The highest BCUT2D eigenvalue weighted by atomic mass is 79.9. The molecule has 1 aliphatic carbocycles. The molecular formula is C28H34BrN3O7S. The summed E-state index contributed by atoms with van der Waals surface area (Å²) in [6, 6.07) is 9.06. The summed E-state index contributed by atoms with van der Waals surface area (Å²) in [7, 11) is -2.71. The molecule has 2 aromatic carbocycles. The van der Waals surface area contributed by atoms with E-state index in [1.54, 1.807) is 23.4 Å². The van der Waals surface area contributed by atoms with Crippen LogP contribution in [0.5, 0.6) is 5.75 Å². The van der Waals surface area contributed by atoms with Gasteiger partial charge in [-0.2, -0.15) is 0 Å². The van der Waals surface area contributed by atoms with E-state index in [1.807, 2.05) is 20.8 Å². The summed E-state index contributed by atoms with van der Waals surface area (Å²) < 4.78 is 39.4. The number of hydrogen-bond donors (Lipinski definition) is 2. The molecule has 40 heavy (non-hydrogen) atoms. The van der Waals surface area contributed by atoms with Gasteiger partial charge >= 0.3 is 6.09 Å². The van der Waals surface area contributed by atoms with E-state index in [9.17, 15) is 18.0 Å². The van der Waals surface area contributed by atoms with Crippen LogP contribution in [-0.4, -0.2) is 62.4 Å². The van der Waals surface area contributed by atoms with Crippen LogP contribution in [0.4, 0.5) is 10.5 Å². The van der Waals surface area contributed by atoms with Crippen molar-refractivity contribution in [3.63, 3.8) is 0 Å². The largest absolute Gasteiger partial charge is 0.481 e. The third kappa shape index (κ3) is 7.68. The lowest BCUT2D eigenvalue weighted by Crippen LogP contribution is -2.46. The van der Waals surface area contributed by atoms with Crippen molar-refractivity contribution in [2.75, 3.05) is 24.5 Å². The molecule has 1 aliphatic rings. The molecule has 0 aliphatic heterocycles. The highest BCUT2D eigenvalue weighted by molar-refractivity contribution is 9.10. The zero-order valence-electron chi connectivity index (χ0n) is 23.2. The van der Waals surface area contributed by atoms with Gasteiger partial charge in [-0.25, -0.2) is 18.7 Å². The predicted octanol–water partition coefficient (Wildman–Crippen LogP) is 4.87. The molecule has 216 valence electrons. The lowest BCUT2D eigenvalue weighted by molar-refractivity contribution is 0.0109. The third-order valence-electron chi connectivity index (χ3n) is 6.24. The van der Waals surface area contributed by atoms with E-state index < -0.39 is 21.5 Å². The number of amides is 2. The van der Waals surface area contributed by atoms with Gasteiger partial charge in [0.1, 0.15) is 18.0 Å². The number of carbonyl (C=O) groups is 2. The molecule has 2 aromatic rings. The topological polar surface area (TPSA) is 125 Å². The van der Waals surface area contributed by atoms with Crippen molar-refractivity contribution >= 4 is 43.6 Å². The van der Waals surface area contributed by atoms with Crippen molar-refractivity contribution in [3.05, 3.63) is 52.0 Å². The summed E-state index contributed by atoms with van der Waals surface area (Å²) in [5.74, 6) is 5.43. The van der Waals surface area contributed by atoms with Gasteiger partial charge in [0.15, 0.2) is 0 Å². The molecule has 0 bridgehead atoms. The van der Waals surface area contributed by atoms with E-state index >= 15 is 0 Å². The van der Waals surface area contributed by atoms with Gasteiger partial charge in [0.25, 0.3) is 15.9 Å². The quantitative estimate of drug-likeness (QED) is 0.241. The number of nitrogens with zero attached hydrogens (tertiary/aromatic N) is 2. The van der Waals surface area contributed by atoms with Crippen LogP contribution in [-0.2, 0) is 14.8 Å². The van der Waals surface area contributed by atoms with Crippen molar-refractivity contribution in [1.82, 2.24) is 10.4 Å². The standard InChI is InChI=1S/C28H34BrN3O7S/c1-19-17-20(29)18-24(26(33)30-35)25(19)31(5)40(36,37)23-13-11-22(12-14-23)38-16-7-6-15-32(21-9-8-10-21)27(34)39-28(2,3)4/h11-14,17-18,21,35H,8-10,15-16H2,1-5H3,(H,30,33). The Morgan fingerprint density at radius 2 is 1.80 bits per heavy atom. The number of nitrogens with one attached hydrogen (secondary N) is 1. The van der Waals surface area contributed by atoms with E-state index in [0.29, 0.717) is 15.8 Å². The molecule has 0 saturated heterocycles. The van der Waals surface area contributed by atoms with Crippen LogP contribution in [0.3, 0.4) is 0 Å². The van der Waals surface area contributed by atoms with Crippen molar-refractivity contribution in [3.8, 4) is 17.6 Å². The fourth-order valence-electron chi connectivity index (χ4n) is 4.05. The molecule has 2 amide bonds. The SMILES string of the molecule is Cc1cc(Br)cc(C(=O)NO)c1N(C)S(=O)(=O)c1ccc(OCC#CCN(C(=O)OC(C)(C)C)C2CCC2)cc1. The second-order valence-electron chi connectivity index (χ2n) is 10.3. The highest BCUT2D eigenvalue weighted by Crippen LogP contribution is 2.32. The maximum atomic E-state index is 13.3. The first-order chi connectivity index (χ1) is 18.7. The molecule has 0 unspecified atom stereocenters. The zero-order valence-corrected chi connectivity index (χ0v) is 25.6. The Bertz CT molecular complexity index is 1410. The summed E-state index contributed by atoms with van der Waals surface area (Å²) in [6.45, 7) is 7.43. The van der Waals surface area contributed by atoms with Crippen LogP contribution in [0.1, 0.15) is 56.0 Å². The number of benzene rings is 2. The molecule has 0 radical (unpaired) electrons. The van der Waals surface area contributed by atoms with Gasteiger partial charge in [-0.05, 0) is 88.9 Å². The first kappa shape index (κ1) is 31.3. The predicted molar refractivity (Wildman–Crippen MR) is 154 cm³/mol. The van der Waals surface area contributed by atoms with Crippen LogP contribution in [0, 0.1) is 18.8 Å². The molecule has 10 nitrogen and oxygen atoms in total. The van der Waals surface area contributed by atoms with Crippen LogP contribution in [0.25, 0.3) is 0 Å². The number of hydrogen-bond acceptors (Lipinski definition) is 7. The summed E-state index contributed by atoms with van der Waals surface area (Å²) >= 11 is 3.29. The van der Waals surface area contributed by atoms with E-state index in [-0.39, 0.29) is 41.4 Å². The summed E-state index contributed by atoms with van der Waals surface area (Å²) in [6.07, 6.45) is 2.55. The first-order valence-corrected chi connectivity index (χ1v) is 14.9. The zero-order chi connectivity index (χ0) is 29.7. The van der Waals surface area contributed by atoms with Gasteiger partial charge < -0.3 is 9.47 Å². The Labute approximate surface area is 243 Å². The summed E-state index contributed by atoms with van der Waals surface area (Å²) in [4.78, 5) is 26.4. The highest BCUT2D eigenvalue weighted by Gasteiger charge is 2.31. The molecule has 3 rings (SSSR count). The molecule has 12 heteroatoms. The molecule has 0 atom stereocenters. The molecule has 1 fully saturated rings. The van der Waals surface area contributed by atoms with Crippen molar-refractivity contribution in [2.24, 2.45) is 0 Å². The van der Waals surface area contributed by atoms with E-state index in [0.717, 1.165) is 23.6 Å². The summed E-state index contributed by atoms with van der Waals surface area (Å²) in [5, 5.41) is 9.13. The van der Waals surface area contributed by atoms with Gasteiger partial charge in [0, 0.05) is 17.6 Å². The fraction of sp³-hybridized carbons (Fsp3) is 0.429. The maximum Gasteiger partial charge on any atom is 0.411 e. The lowest BCUT2D eigenvalue weighted by Gasteiger charge is -2.37. The van der Waals surface area contributed by atoms with Gasteiger partial charge in [-0.15, -0.1) is 0 Å². The second kappa shape index (κ2) is 12.9. The number of hydroxylamine groups is 1. The molecule has 2 N–H and O–H groups in total. The number of ether oxygens (including phenoxy) is 2.